The first-order valence-corrected chi connectivity index (χ1v) is 10.3. The van der Waals surface area contributed by atoms with Crippen LogP contribution in [0.1, 0.15) is 27.2 Å². The van der Waals surface area contributed by atoms with Crippen LogP contribution in [0.3, 0.4) is 0 Å². The molecule has 0 spiro atoms. The van der Waals surface area contributed by atoms with E-state index in [1.54, 1.807) is 6.92 Å². The van der Waals surface area contributed by atoms with Gasteiger partial charge >= 0.3 is 0 Å². The predicted octanol–water partition coefficient (Wildman–Crippen LogP) is 0.943. The van der Waals surface area contributed by atoms with E-state index in [0.29, 0.717) is 0 Å². The second kappa shape index (κ2) is 10.1. The van der Waals surface area contributed by atoms with Gasteiger partial charge in [0.25, 0.3) is 0 Å². The van der Waals surface area contributed by atoms with Gasteiger partial charge in [-0.1, -0.05) is 6.92 Å². The highest BCUT2D eigenvalue weighted by Crippen LogP contribution is 2.21. The van der Waals surface area contributed by atoms with E-state index in [0.717, 1.165) is 70.1 Å². The Bertz CT molecular complexity index is 423. The summed E-state index contributed by atoms with van der Waals surface area (Å²) in [6.45, 7) is 14.6. The van der Waals surface area contributed by atoms with Crippen LogP contribution in [0.5, 0.6) is 0 Å². The van der Waals surface area contributed by atoms with E-state index in [9.17, 15) is 4.79 Å². The lowest BCUT2D eigenvalue weighted by atomic mass is 10.3. The minimum absolute atomic E-state index is 0.190. The van der Waals surface area contributed by atoms with Gasteiger partial charge < -0.3 is 15.1 Å². The van der Waals surface area contributed by atoms with E-state index in [2.05, 4.69) is 40.7 Å². The van der Waals surface area contributed by atoms with Gasteiger partial charge in [-0.25, -0.2) is 0 Å². The van der Waals surface area contributed by atoms with Crippen molar-refractivity contribution in [2.24, 2.45) is 4.99 Å². The third-order valence-electron chi connectivity index (χ3n) is 4.72. The summed E-state index contributed by atoms with van der Waals surface area (Å²) in [6.07, 6.45) is 1.22. The Labute approximate surface area is 151 Å². The highest BCUT2D eigenvalue weighted by Gasteiger charge is 2.22. The number of nitrogens with one attached hydrogen (secondary N) is 1. The van der Waals surface area contributed by atoms with Crippen molar-refractivity contribution in [1.29, 1.82) is 0 Å². The second-order valence-corrected chi connectivity index (χ2v) is 7.84. The Hall–Kier alpha value is -0.950. The zero-order valence-corrected chi connectivity index (χ0v) is 16.3. The quantitative estimate of drug-likeness (QED) is 0.588. The molecule has 1 N–H and O–H groups in total. The number of carbonyl (C=O) groups is 1. The van der Waals surface area contributed by atoms with Crippen molar-refractivity contribution in [2.75, 3.05) is 64.7 Å². The molecule has 2 aliphatic rings. The fourth-order valence-electron chi connectivity index (χ4n) is 3.17. The molecule has 24 heavy (non-hydrogen) atoms. The number of carbonyl (C=O) groups excluding carboxylic acids is 1. The van der Waals surface area contributed by atoms with Gasteiger partial charge in [-0.05, 0) is 13.3 Å². The maximum absolute atomic E-state index is 11.4. The molecule has 0 aromatic heterocycles. The molecule has 138 valence electrons. The van der Waals surface area contributed by atoms with Crippen LogP contribution in [-0.4, -0.2) is 96.5 Å². The number of guanidine groups is 1. The number of amides is 1. The van der Waals surface area contributed by atoms with Crippen LogP contribution in [0.15, 0.2) is 4.99 Å². The molecule has 1 atom stereocenters. The van der Waals surface area contributed by atoms with Crippen LogP contribution in [0.2, 0.25) is 0 Å². The zero-order valence-electron chi connectivity index (χ0n) is 15.5. The molecule has 0 aromatic carbocycles. The summed E-state index contributed by atoms with van der Waals surface area (Å²) in [4.78, 5) is 23.0. The van der Waals surface area contributed by atoms with E-state index >= 15 is 0 Å². The van der Waals surface area contributed by atoms with E-state index < -0.39 is 0 Å². The van der Waals surface area contributed by atoms with Crippen LogP contribution >= 0.6 is 11.8 Å². The topological polar surface area (TPSA) is 51.2 Å². The van der Waals surface area contributed by atoms with Gasteiger partial charge in [-0.2, -0.15) is 11.8 Å². The molecular formula is C17H33N5OS. The average Bonchev–Trinajstić information content (AvgIpc) is 2.61. The SMILES string of the molecule is CCNC(=NCCN1CCN(C(C)=O)CC1)N1CCSC(CC)C1. The number of rotatable bonds is 5. The zero-order chi connectivity index (χ0) is 17.4. The largest absolute Gasteiger partial charge is 0.357 e. The molecule has 2 fully saturated rings. The second-order valence-electron chi connectivity index (χ2n) is 6.43. The van der Waals surface area contributed by atoms with Crippen LogP contribution < -0.4 is 5.32 Å². The van der Waals surface area contributed by atoms with Crippen molar-refractivity contribution < 1.29 is 4.79 Å². The van der Waals surface area contributed by atoms with E-state index in [-0.39, 0.29) is 5.91 Å². The molecule has 7 heteroatoms. The van der Waals surface area contributed by atoms with E-state index in [1.165, 1.54) is 12.2 Å². The van der Waals surface area contributed by atoms with Crippen molar-refractivity contribution in [3.63, 3.8) is 0 Å². The summed E-state index contributed by atoms with van der Waals surface area (Å²) < 4.78 is 0. The number of hydrogen-bond acceptors (Lipinski definition) is 4. The summed E-state index contributed by atoms with van der Waals surface area (Å²) in [5, 5.41) is 4.18. The van der Waals surface area contributed by atoms with Gasteiger partial charge in [0.15, 0.2) is 5.96 Å². The maximum atomic E-state index is 11.4. The summed E-state index contributed by atoms with van der Waals surface area (Å²) in [5.74, 6) is 2.45. The monoisotopic (exact) mass is 355 g/mol. The van der Waals surface area contributed by atoms with E-state index in [4.69, 9.17) is 4.99 Å². The van der Waals surface area contributed by atoms with Gasteiger partial charge in [0.1, 0.15) is 0 Å². The summed E-state index contributed by atoms with van der Waals surface area (Å²) in [6, 6.07) is 0. The molecule has 1 unspecified atom stereocenters. The van der Waals surface area contributed by atoms with Crippen molar-refractivity contribution in [3.05, 3.63) is 0 Å². The van der Waals surface area contributed by atoms with Crippen molar-refractivity contribution in [3.8, 4) is 0 Å². The Morgan fingerprint density at radius 1 is 1.17 bits per heavy atom. The summed E-state index contributed by atoms with van der Waals surface area (Å²) in [5.41, 5.74) is 0. The fourth-order valence-corrected chi connectivity index (χ4v) is 4.35. The van der Waals surface area contributed by atoms with Crippen LogP contribution in [0.25, 0.3) is 0 Å². The van der Waals surface area contributed by atoms with Gasteiger partial charge in [0.2, 0.25) is 5.91 Å². The number of thioether (sulfide) groups is 1. The Kier molecular flexibility index (Phi) is 8.18. The molecule has 0 aromatic rings. The van der Waals surface area contributed by atoms with Gasteiger partial charge in [0, 0.05) is 70.3 Å². The minimum atomic E-state index is 0.190. The average molecular weight is 356 g/mol. The molecule has 0 saturated carbocycles. The Morgan fingerprint density at radius 2 is 1.92 bits per heavy atom. The molecule has 0 bridgehead atoms. The number of piperazine rings is 1. The number of nitrogens with zero attached hydrogens (tertiary/aromatic N) is 4. The van der Waals surface area contributed by atoms with Crippen molar-refractivity contribution >= 4 is 23.6 Å². The molecule has 2 heterocycles. The van der Waals surface area contributed by atoms with Crippen LogP contribution in [0.4, 0.5) is 0 Å². The van der Waals surface area contributed by atoms with Gasteiger partial charge in [0.05, 0.1) is 6.54 Å². The molecule has 2 aliphatic heterocycles. The third-order valence-corrected chi connectivity index (χ3v) is 6.10. The molecule has 0 radical (unpaired) electrons. The van der Waals surface area contributed by atoms with Crippen LogP contribution in [0, 0.1) is 0 Å². The lowest BCUT2D eigenvalue weighted by Gasteiger charge is -2.35. The summed E-state index contributed by atoms with van der Waals surface area (Å²) in [7, 11) is 0. The lowest BCUT2D eigenvalue weighted by molar-refractivity contribution is -0.130. The third kappa shape index (κ3) is 5.84. The highest BCUT2D eigenvalue weighted by atomic mass is 32.2. The lowest BCUT2D eigenvalue weighted by Crippen LogP contribution is -2.49. The summed E-state index contributed by atoms with van der Waals surface area (Å²) >= 11 is 2.09. The standard InChI is InChI=1S/C17H33N5OS/c1-4-16-14-22(12-13-24-16)17(18-5-2)19-6-7-20-8-10-21(11-9-20)15(3)23/h16H,4-14H2,1-3H3,(H,18,19). The molecular weight excluding hydrogens is 322 g/mol. The van der Waals surface area contributed by atoms with Crippen LogP contribution in [-0.2, 0) is 4.79 Å². The minimum Gasteiger partial charge on any atom is -0.357 e. The van der Waals surface area contributed by atoms with E-state index in [1.807, 2.05) is 4.90 Å². The first kappa shape index (κ1) is 19.4. The smallest absolute Gasteiger partial charge is 0.219 e. The molecule has 2 saturated heterocycles. The fraction of sp³-hybridized carbons (Fsp3) is 0.882. The van der Waals surface area contributed by atoms with Crippen molar-refractivity contribution in [1.82, 2.24) is 20.0 Å². The van der Waals surface area contributed by atoms with Crippen molar-refractivity contribution in [2.45, 2.75) is 32.4 Å². The molecule has 2 rings (SSSR count). The maximum Gasteiger partial charge on any atom is 0.219 e. The Balaban J connectivity index is 1.80. The molecule has 6 nitrogen and oxygen atoms in total. The first-order valence-electron chi connectivity index (χ1n) is 9.26. The first-order chi connectivity index (χ1) is 11.6. The number of hydrogen-bond donors (Lipinski definition) is 1. The van der Waals surface area contributed by atoms with Gasteiger partial charge in [-0.15, -0.1) is 0 Å². The predicted molar refractivity (Wildman–Crippen MR) is 103 cm³/mol. The number of aliphatic imine (C=N–C) groups is 1. The normalized spacial score (nSPS) is 23.5. The van der Waals surface area contributed by atoms with Gasteiger partial charge in [-0.3, -0.25) is 14.7 Å². The Morgan fingerprint density at radius 3 is 2.54 bits per heavy atom. The molecule has 0 aliphatic carbocycles. The molecule has 1 amide bonds. The highest BCUT2D eigenvalue weighted by molar-refractivity contribution is 8.00.